The van der Waals surface area contributed by atoms with Gasteiger partial charge in [0.05, 0.1) is 24.3 Å². The number of benzene rings is 1. The number of hydrogen-bond acceptors (Lipinski definition) is 13. The average Bonchev–Trinajstić information content (AvgIpc) is 4.14. The zero-order valence-electron chi connectivity index (χ0n) is 33.7. The number of ether oxygens (including phenoxy) is 2. The van der Waals surface area contributed by atoms with E-state index in [2.05, 4.69) is 35.9 Å². The third kappa shape index (κ3) is 11.0. The van der Waals surface area contributed by atoms with Gasteiger partial charge in [-0.25, -0.2) is 15.0 Å². The molecule has 0 saturated carbocycles. The van der Waals surface area contributed by atoms with Crippen LogP contribution in [0.3, 0.4) is 0 Å². The number of fused-ring (bicyclic) bond motifs is 1. The minimum absolute atomic E-state index is 0.0233. The molecule has 5 aromatic rings. The first-order valence-electron chi connectivity index (χ1n) is 20.5. The highest BCUT2D eigenvalue weighted by molar-refractivity contribution is 7.13. The first kappa shape index (κ1) is 44.3. The lowest BCUT2D eigenvalue weighted by Gasteiger charge is -2.16. The molecule has 5 unspecified atom stereocenters. The van der Waals surface area contributed by atoms with Gasteiger partial charge in [0, 0.05) is 36.6 Å². The summed E-state index contributed by atoms with van der Waals surface area (Å²) in [4.78, 5) is 42.9. The number of aliphatic hydroxyl groups excluding tert-OH is 3. The highest BCUT2D eigenvalue weighted by Crippen LogP contribution is 2.34. The molecule has 0 bridgehead atoms. The Bertz CT molecular complexity index is 2360. The van der Waals surface area contributed by atoms with Crippen molar-refractivity contribution in [1.29, 1.82) is 0 Å². The van der Waals surface area contributed by atoms with Crippen LogP contribution in [0.5, 0.6) is 5.75 Å². The highest BCUT2D eigenvalue weighted by Gasteiger charge is 2.44. The van der Waals surface area contributed by atoms with Crippen molar-refractivity contribution >= 4 is 59.3 Å². The van der Waals surface area contributed by atoms with Gasteiger partial charge in [-0.3, -0.25) is 27.8 Å². The van der Waals surface area contributed by atoms with Crippen molar-refractivity contribution in [3.05, 3.63) is 96.1 Å². The third-order valence-electron chi connectivity index (χ3n) is 10.4. The van der Waals surface area contributed by atoms with Crippen LogP contribution in [0.15, 0.2) is 89.8 Å². The highest BCUT2D eigenvalue weighted by atomic mass is 32.1. The van der Waals surface area contributed by atoms with Crippen LogP contribution in [-0.4, -0.2) is 115 Å². The summed E-state index contributed by atoms with van der Waals surface area (Å²) in [7, 11) is -2.69. The van der Waals surface area contributed by atoms with E-state index in [0.29, 0.717) is 72.3 Å². The Hall–Kier alpha value is -5.80. The summed E-state index contributed by atoms with van der Waals surface area (Å²) in [5.74, 6) is 0.784. The maximum absolute atomic E-state index is 14.1. The molecule has 5 atom stereocenters. The Morgan fingerprint density at radius 1 is 0.919 bits per heavy atom. The fourth-order valence-electron chi connectivity index (χ4n) is 7.17. The predicted molar refractivity (Wildman–Crippen MR) is 232 cm³/mol. The van der Waals surface area contributed by atoms with E-state index >= 15 is 0 Å². The summed E-state index contributed by atoms with van der Waals surface area (Å²) in [6, 6.07) is 13.8. The monoisotopic (exact) mass is 871 g/mol. The molecule has 2 aliphatic heterocycles. The quantitative estimate of drug-likeness (QED) is 0.0419. The minimum atomic E-state index is -2.69. The van der Waals surface area contributed by atoms with Gasteiger partial charge in [-0.2, -0.15) is 0 Å². The van der Waals surface area contributed by atoms with E-state index in [4.69, 9.17) is 9.47 Å². The third-order valence-corrected chi connectivity index (χ3v) is 11.3. The molecule has 0 spiro atoms. The SMILES string of the molecule is O=C(CCCCCNC(=O)COc1ccc(/C=C/C2=NC(c3ccc(-c4cccs4)n3B(F)F)C=C2)cc1)NCCCCNc1ncnc2c1ncn2C1OC(CO)C(O)C1O. The van der Waals surface area contributed by atoms with Gasteiger partial charge in [0.1, 0.15) is 36.4 Å². The van der Waals surface area contributed by atoms with Gasteiger partial charge in [-0.1, -0.05) is 36.8 Å². The van der Waals surface area contributed by atoms with Crippen LogP contribution in [0.4, 0.5) is 14.4 Å². The molecule has 1 saturated heterocycles. The molecule has 20 heteroatoms. The molecule has 0 radical (unpaired) electrons. The molecule has 4 aromatic heterocycles. The summed E-state index contributed by atoms with van der Waals surface area (Å²) in [5.41, 5.74) is 3.34. The minimum Gasteiger partial charge on any atom is -0.484 e. The Labute approximate surface area is 360 Å². The van der Waals surface area contributed by atoms with Crippen molar-refractivity contribution in [2.45, 2.75) is 69.1 Å². The molecule has 1 aromatic carbocycles. The number of aromatic nitrogens is 5. The predicted octanol–water partition coefficient (Wildman–Crippen LogP) is 4.57. The van der Waals surface area contributed by atoms with E-state index in [0.717, 1.165) is 40.6 Å². The molecule has 7 rings (SSSR count). The van der Waals surface area contributed by atoms with Crippen LogP contribution in [-0.2, 0) is 14.3 Å². The number of allylic oxidation sites excluding steroid dienone is 2. The first-order valence-corrected chi connectivity index (χ1v) is 21.4. The van der Waals surface area contributed by atoms with Crippen molar-refractivity contribution in [1.82, 2.24) is 34.6 Å². The Morgan fingerprint density at radius 3 is 2.47 bits per heavy atom. The largest absolute Gasteiger partial charge is 0.677 e. The standard InChI is InChI=1S/C42H48BF2N9O7S/c44-43(45)54-31(17-18-32(54)34-7-6-22-62-34)30-16-13-28(52-30)12-9-27-10-14-29(15-11-27)60-24-36(57)47-19-3-1-2-8-35(56)46-20-4-5-21-48-40-37-41(50-25-49-40)53(26-51-37)42-39(59)38(58)33(23-55)61-42/h6-7,9-18,22,25-26,30,33,38-39,42,55,58-59H,1-5,8,19-21,23-24H2,(H,46,56)(H,47,57)(H,48,49,50)/b12-9+. The van der Waals surface area contributed by atoms with E-state index in [1.165, 1.54) is 28.6 Å². The zero-order chi connectivity index (χ0) is 43.4. The number of halogens is 2. The average molecular weight is 872 g/mol. The number of rotatable bonds is 22. The molecule has 16 nitrogen and oxygen atoms in total. The van der Waals surface area contributed by atoms with Crippen LogP contribution in [0.25, 0.3) is 27.8 Å². The number of thiophene rings is 1. The van der Waals surface area contributed by atoms with E-state index in [9.17, 15) is 33.5 Å². The number of nitrogens with zero attached hydrogens (tertiary/aromatic N) is 6. The fourth-order valence-corrected chi connectivity index (χ4v) is 7.92. The number of anilines is 1. The van der Waals surface area contributed by atoms with E-state index in [1.54, 1.807) is 24.3 Å². The zero-order valence-corrected chi connectivity index (χ0v) is 34.5. The Balaban J connectivity index is 0.720. The Morgan fingerprint density at radius 2 is 1.71 bits per heavy atom. The second-order valence-corrected chi connectivity index (χ2v) is 15.7. The fraction of sp³-hybridized carbons (Fsp3) is 0.381. The van der Waals surface area contributed by atoms with Crippen molar-refractivity contribution in [2.24, 2.45) is 4.99 Å². The van der Waals surface area contributed by atoms with Gasteiger partial charge in [0.2, 0.25) is 5.91 Å². The summed E-state index contributed by atoms with van der Waals surface area (Å²) in [6.45, 7) is 1.02. The summed E-state index contributed by atoms with van der Waals surface area (Å²) in [5, 5.41) is 40.8. The summed E-state index contributed by atoms with van der Waals surface area (Å²) >= 11 is 1.41. The smallest absolute Gasteiger partial charge is 0.484 e. The lowest BCUT2D eigenvalue weighted by molar-refractivity contribution is -0.123. The number of nitrogens with one attached hydrogen (secondary N) is 3. The molecule has 6 heterocycles. The maximum atomic E-state index is 14.1. The van der Waals surface area contributed by atoms with Crippen LogP contribution in [0.2, 0.25) is 0 Å². The van der Waals surface area contributed by atoms with Gasteiger partial charge in [0.25, 0.3) is 5.91 Å². The maximum Gasteiger partial charge on any atom is 0.677 e. The molecule has 2 aliphatic rings. The van der Waals surface area contributed by atoms with E-state index < -0.39 is 44.6 Å². The molecule has 0 aliphatic carbocycles. The second kappa shape index (κ2) is 21.3. The Kier molecular flexibility index (Phi) is 15.2. The van der Waals surface area contributed by atoms with Gasteiger partial charge >= 0.3 is 7.40 Å². The van der Waals surface area contributed by atoms with Gasteiger partial charge < -0.3 is 45.2 Å². The van der Waals surface area contributed by atoms with E-state index in [-0.39, 0.29) is 18.4 Å². The molecular weight excluding hydrogens is 823 g/mol. The van der Waals surface area contributed by atoms with Crippen LogP contribution < -0.4 is 20.7 Å². The molecule has 2 amide bonds. The van der Waals surface area contributed by atoms with Crippen LogP contribution >= 0.6 is 11.3 Å². The van der Waals surface area contributed by atoms with Crippen LogP contribution in [0.1, 0.15) is 62.1 Å². The summed E-state index contributed by atoms with van der Waals surface area (Å²) in [6.07, 6.45) is 9.90. The molecular formula is C42H48BF2N9O7S. The van der Waals surface area contributed by atoms with Gasteiger partial charge in [0.15, 0.2) is 29.8 Å². The lowest BCUT2D eigenvalue weighted by Crippen LogP contribution is -2.33. The molecule has 1 fully saturated rings. The number of unbranched alkanes of at least 4 members (excludes halogenated alkanes) is 3. The number of hydrogen-bond donors (Lipinski definition) is 6. The second-order valence-electron chi connectivity index (χ2n) is 14.7. The van der Waals surface area contributed by atoms with Crippen molar-refractivity contribution in [2.75, 3.05) is 38.2 Å². The van der Waals surface area contributed by atoms with Gasteiger partial charge in [-0.05, 0) is 79.1 Å². The number of carbonyl (C=O) groups excluding carboxylic acids is 2. The number of carbonyl (C=O) groups is 2. The normalized spacial score (nSPS) is 19.6. The number of aliphatic hydroxyl groups is 3. The van der Waals surface area contributed by atoms with Crippen molar-refractivity contribution in [3.8, 4) is 16.3 Å². The molecule has 6 N–H and O–H groups in total. The van der Waals surface area contributed by atoms with Crippen molar-refractivity contribution < 1.29 is 43.0 Å². The topological polar surface area (TPSA) is 210 Å². The van der Waals surface area contributed by atoms with E-state index in [1.807, 2.05) is 53.9 Å². The first-order chi connectivity index (χ1) is 30.2. The molecule has 62 heavy (non-hydrogen) atoms. The summed E-state index contributed by atoms with van der Waals surface area (Å²) < 4.78 is 41.9. The van der Waals surface area contributed by atoms with Crippen molar-refractivity contribution in [3.63, 3.8) is 0 Å². The lowest BCUT2D eigenvalue weighted by atomic mass is 10.1. The number of aliphatic imine (C=N–C) groups is 1. The number of imidazole rings is 1. The molecule has 326 valence electrons. The van der Waals surface area contributed by atoms with Crippen LogP contribution in [0, 0.1) is 0 Å². The van der Waals surface area contributed by atoms with Gasteiger partial charge in [-0.15, -0.1) is 11.3 Å². The number of amides is 2.